The molecule has 0 saturated heterocycles. The molecule has 0 aliphatic carbocycles. The van der Waals surface area contributed by atoms with Gasteiger partial charge in [0, 0.05) is 0 Å². The van der Waals surface area contributed by atoms with Crippen LogP contribution in [0.5, 0.6) is 17.2 Å². The summed E-state index contributed by atoms with van der Waals surface area (Å²) >= 11 is 0. The third kappa shape index (κ3) is 5.61. The first-order valence-electron chi connectivity index (χ1n) is 11.0. The minimum atomic E-state index is -0.996. The molecule has 1 amide bonds. The van der Waals surface area contributed by atoms with Crippen molar-refractivity contribution in [3.63, 3.8) is 0 Å². The van der Waals surface area contributed by atoms with Gasteiger partial charge in [0.25, 0.3) is 5.91 Å². The summed E-state index contributed by atoms with van der Waals surface area (Å²) in [6.07, 6.45) is 1.49. The van der Waals surface area contributed by atoms with Crippen molar-refractivity contribution >= 4 is 28.9 Å². The molecule has 0 radical (unpaired) electrons. The first-order chi connectivity index (χ1) is 17.5. The molecule has 4 rings (SSSR count). The predicted molar refractivity (Wildman–Crippen MR) is 136 cm³/mol. The van der Waals surface area contributed by atoms with Crippen LogP contribution in [0.4, 0.5) is 0 Å². The number of rotatable bonds is 9. The monoisotopic (exact) mass is 484 g/mol. The number of carboxylic acids is 1. The molecule has 4 aromatic carbocycles. The van der Waals surface area contributed by atoms with Crippen molar-refractivity contribution in [2.24, 2.45) is 5.10 Å². The van der Waals surface area contributed by atoms with Crippen LogP contribution in [0.3, 0.4) is 0 Å². The van der Waals surface area contributed by atoms with Crippen LogP contribution < -0.4 is 19.6 Å². The largest absolute Gasteiger partial charge is 0.496 e. The van der Waals surface area contributed by atoms with Crippen LogP contribution in [0, 0.1) is 0 Å². The van der Waals surface area contributed by atoms with Crippen molar-refractivity contribution in [1.82, 2.24) is 5.43 Å². The van der Waals surface area contributed by atoms with E-state index >= 15 is 0 Å². The molecule has 8 heteroatoms. The van der Waals surface area contributed by atoms with Gasteiger partial charge in [-0.25, -0.2) is 10.2 Å². The summed E-state index contributed by atoms with van der Waals surface area (Å²) in [6.45, 7) is 0.175. The number of methoxy groups -OCH3 is 2. The Bertz CT molecular complexity index is 1450. The maximum Gasteiger partial charge on any atom is 0.335 e. The lowest BCUT2D eigenvalue weighted by molar-refractivity contribution is 0.0696. The fraction of sp³-hybridized carbons (Fsp3) is 0.107. The van der Waals surface area contributed by atoms with Gasteiger partial charge in [0.2, 0.25) is 0 Å². The number of nitrogens with zero attached hydrogens (tertiary/aromatic N) is 1. The summed E-state index contributed by atoms with van der Waals surface area (Å²) in [5, 5.41) is 15.1. The second kappa shape index (κ2) is 11.1. The Hall–Kier alpha value is -4.85. The van der Waals surface area contributed by atoms with Gasteiger partial charge in [-0.15, -0.1) is 0 Å². The van der Waals surface area contributed by atoms with Gasteiger partial charge >= 0.3 is 5.97 Å². The van der Waals surface area contributed by atoms with E-state index < -0.39 is 11.9 Å². The van der Waals surface area contributed by atoms with Crippen molar-refractivity contribution in [3.8, 4) is 17.2 Å². The van der Waals surface area contributed by atoms with Crippen molar-refractivity contribution in [3.05, 3.63) is 101 Å². The van der Waals surface area contributed by atoms with Gasteiger partial charge in [-0.2, -0.15) is 5.10 Å². The number of carbonyl (C=O) groups excluding carboxylic acids is 1. The fourth-order valence-corrected chi connectivity index (χ4v) is 3.63. The molecule has 0 fully saturated rings. The number of benzene rings is 4. The minimum Gasteiger partial charge on any atom is -0.496 e. The maximum atomic E-state index is 12.7. The number of carbonyl (C=O) groups is 2. The molecule has 0 spiro atoms. The van der Waals surface area contributed by atoms with Crippen molar-refractivity contribution < 1.29 is 28.9 Å². The van der Waals surface area contributed by atoms with Crippen molar-refractivity contribution in [2.45, 2.75) is 6.61 Å². The number of aromatic carboxylic acids is 1. The highest BCUT2D eigenvalue weighted by Gasteiger charge is 2.13. The number of ether oxygens (including phenoxy) is 3. The van der Waals surface area contributed by atoms with E-state index in [1.807, 2.05) is 30.3 Å². The zero-order chi connectivity index (χ0) is 25.5. The van der Waals surface area contributed by atoms with Gasteiger partial charge in [-0.3, -0.25) is 4.79 Å². The number of nitrogens with one attached hydrogen (secondary N) is 1. The average Bonchev–Trinajstić information content (AvgIpc) is 2.91. The zero-order valence-electron chi connectivity index (χ0n) is 19.7. The Morgan fingerprint density at radius 1 is 0.861 bits per heavy atom. The van der Waals surface area contributed by atoms with Crippen LogP contribution in [0.15, 0.2) is 84.0 Å². The molecule has 0 aromatic heterocycles. The van der Waals surface area contributed by atoms with Crippen LogP contribution in [0.25, 0.3) is 10.8 Å². The highest BCUT2D eigenvalue weighted by Crippen LogP contribution is 2.29. The molecule has 0 unspecified atom stereocenters. The minimum absolute atomic E-state index is 0.175. The van der Waals surface area contributed by atoms with Gasteiger partial charge in [-0.05, 0) is 64.4 Å². The predicted octanol–water partition coefficient (Wildman–Crippen LogP) is 4.90. The normalized spacial score (nSPS) is 10.8. The molecular weight excluding hydrogens is 460 g/mol. The van der Waals surface area contributed by atoms with Gasteiger partial charge in [0.1, 0.15) is 12.4 Å². The molecule has 2 N–H and O–H groups in total. The molecule has 0 bridgehead atoms. The quantitative estimate of drug-likeness (QED) is 0.259. The summed E-state index contributed by atoms with van der Waals surface area (Å²) < 4.78 is 16.6. The number of hydrazone groups is 1. The highest BCUT2D eigenvalue weighted by molar-refractivity contribution is 6.02. The first-order valence-corrected chi connectivity index (χ1v) is 11.0. The number of amides is 1. The van der Waals surface area contributed by atoms with E-state index in [2.05, 4.69) is 10.5 Å². The summed E-state index contributed by atoms with van der Waals surface area (Å²) in [6, 6.07) is 23.0. The fourth-order valence-electron chi connectivity index (χ4n) is 3.63. The molecule has 0 aliphatic heterocycles. The summed E-state index contributed by atoms with van der Waals surface area (Å²) in [7, 11) is 3.03. The Morgan fingerprint density at radius 3 is 2.33 bits per heavy atom. The highest BCUT2D eigenvalue weighted by atomic mass is 16.5. The van der Waals surface area contributed by atoms with E-state index in [1.54, 1.807) is 42.5 Å². The lowest BCUT2D eigenvalue weighted by Gasteiger charge is -2.12. The number of fused-ring (bicyclic) bond motifs is 1. The molecule has 8 nitrogen and oxygen atoms in total. The van der Waals surface area contributed by atoms with Crippen molar-refractivity contribution in [1.29, 1.82) is 0 Å². The Kier molecular flexibility index (Phi) is 7.45. The van der Waals surface area contributed by atoms with Crippen LogP contribution in [-0.4, -0.2) is 37.4 Å². The lowest BCUT2D eigenvalue weighted by atomic mass is 10.1. The third-order valence-electron chi connectivity index (χ3n) is 5.45. The topological polar surface area (TPSA) is 106 Å². The molecule has 0 aliphatic rings. The summed E-state index contributed by atoms with van der Waals surface area (Å²) in [5.41, 5.74) is 4.50. The van der Waals surface area contributed by atoms with Gasteiger partial charge in [0.15, 0.2) is 11.5 Å². The van der Waals surface area contributed by atoms with E-state index in [4.69, 9.17) is 19.3 Å². The lowest BCUT2D eigenvalue weighted by Crippen LogP contribution is -2.18. The molecule has 36 heavy (non-hydrogen) atoms. The van der Waals surface area contributed by atoms with E-state index in [-0.39, 0.29) is 12.2 Å². The third-order valence-corrected chi connectivity index (χ3v) is 5.45. The van der Waals surface area contributed by atoms with Crippen LogP contribution in [0.2, 0.25) is 0 Å². The van der Waals surface area contributed by atoms with Crippen LogP contribution in [-0.2, 0) is 6.61 Å². The van der Waals surface area contributed by atoms with Crippen LogP contribution in [0.1, 0.15) is 31.8 Å². The molecule has 182 valence electrons. The Morgan fingerprint density at radius 2 is 1.61 bits per heavy atom. The van der Waals surface area contributed by atoms with E-state index in [9.17, 15) is 9.59 Å². The van der Waals surface area contributed by atoms with E-state index in [0.29, 0.717) is 28.4 Å². The standard InChI is InChI=1S/C28H24N2O6/c1-34-25-15-21-8-4-3-7-20(21)14-23(25)27(31)30-29-16-18-10-11-24(26(13-18)35-2)36-17-19-6-5-9-22(12-19)28(32)33/h3-16H,17H2,1-2H3,(H,30,31)(H,32,33). The molecule has 0 atom stereocenters. The SMILES string of the molecule is COc1cc(C=NNC(=O)c2cc3ccccc3cc2OC)ccc1OCc1cccc(C(=O)O)c1. The zero-order valence-corrected chi connectivity index (χ0v) is 19.7. The average molecular weight is 485 g/mol. The number of carboxylic acid groups (broad SMARTS) is 1. The maximum absolute atomic E-state index is 12.7. The van der Waals surface area contributed by atoms with Gasteiger partial charge < -0.3 is 19.3 Å². The number of hydrogen-bond acceptors (Lipinski definition) is 6. The smallest absolute Gasteiger partial charge is 0.335 e. The second-order valence-electron chi connectivity index (χ2n) is 7.80. The second-order valence-corrected chi connectivity index (χ2v) is 7.80. The Balaban J connectivity index is 1.43. The molecule has 0 saturated carbocycles. The van der Waals surface area contributed by atoms with Crippen molar-refractivity contribution in [2.75, 3.05) is 14.2 Å². The summed E-state index contributed by atoms with van der Waals surface area (Å²) in [4.78, 5) is 23.9. The number of hydrogen-bond donors (Lipinski definition) is 2. The molecule has 4 aromatic rings. The van der Waals surface area contributed by atoms with Gasteiger partial charge in [-0.1, -0.05) is 36.4 Å². The van der Waals surface area contributed by atoms with Gasteiger partial charge in [0.05, 0.1) is 31.6 Å². The molecule has 0 heterocycles. The Labute approximate surface area is 207 Å². The van der Waals surface area contributed by atoms with E-state index in [1.165, 1.54) is 26.5 Å². The molecular formula is C28H24N2O6. The van der Waals surface area contributed by atoms with E-state index in [0.717, 1.165) is 16.3 Å². The van der Waals surface area contributed by atoms with Crippen LogP contribution >= 0.6 is 0 Å². The first kappa shape index (κ1) is 24.3. The summed E-state index contributed by atoms with van der Waals surface area (Å²) in [5.74, 6) is 0.0169.